The minimum Gasteiger partial charge on any atom is -0.497 e. The largest absolute Gasteiger partial charge is 0.497 e. The maximum atomic E-state index is 14.0. The molecule has 9 nitrogen and oxygen atoms in total. The van der Waals surface area contributed by atoms with Crippen LogP contribution in [0, 0.1) is 0 Å². The molecule has 1 saturated heterocycles. The normalized spacial score (nSPS) is 15.4. The number of likely N-dealkylation sites (tertiary alicyclic amines) is 1. The number of nitrogens with one attached hydrogen (secondary N) is 1. The number of esters is 1. The summed E-state index contributed by atoms with van der Waals surface area (Å²) < 4.78 is 24.1. The summed E-state index contributed by atoms with van der Waals surface area (Å²) >= 11 is 0. The van der Waals surface area contributed by atoms with Crippen LogP contribution < -0.4 is 14.8 Å². The highest BCUT2D eigenvalue weighted by Gasteiger charge is 2.42. The molecule has 306 valence electrons. The van der Waals surface area contributed by atoms with Gasteiger partial charge < -0.3 is 29.2 Å². The summed E-state index contributed by atoms with van der Waals surface area (Å²) in [7, 11) is 4.83. The first-order chi connectivity index (χ1) is 27.3. The summed E-state index contributed by atoms with van der Waals surface area (Å²) in [6.07, 6.45) is 16.5. The smallest absolute Gasteiger partial charge is 0.306 e. The minimum atomic E-state index is -1.05. The number of unbranched alkanes of at least 4 members (excludes halogenated alkanes) is 12. The van der Waals surface area contributed by atoms with Crippen LogP contribution in [-0.2, 0) is 29.5 Å². The van der Waals surface area contributed by atoms with Crippen LogP contribution in [-0.4, -0.2) is 69.2 Å². The summed E-state index contributed by atoms with van der Waals surface area (Å²) in [6.45, 7) is 2.75. The van der Waals surface area contributed by atoms with Crippen molar-refractivity contribution in [3.8, 4) is 11.5 Å². The van der Waals surface area contributed by atoms with Gasteiger partial charge in [-0.3, -0.25) is 14.4 Å². The van der Waals surface area contributed by atoms with Crippen molar-refractivity contribution in [2.24, 2.45) is 0 Å². The second kappa shape index (κ2) is 24.3. The molecule has 0 radical (unpaired) electrons. The van der Waals surface area contributed by atoms with Gasteiger partial charge in [-0.1, -0.05) is 139 Å². The van der Waals surface area contributed by atoms with E-state index in [1.165, 1.54) is 64.2 Å². The molecule has 0 aliphatic carbocycles. The second-order valence-electron chi connectivity index (χ2n) is 15.0. The van der Waals surface area contributed by atoms with E-state index < -0.39 is 17.7 Å². The lowest BCUT2D eigenvalue weighted by molar-refractivity contribution is -0.150. The van der Waals surface area contributed by atoms with Gasteiger partial charge in [-0.2, -0.15) is 0 Å². The highest BCUT2D eigenvalue weighted by Crippen LogP contribution is 2.42. The maximum Gasteiger partial charge on any atom is 0.306 e. The molecule has 4 rings (SSSR count). The Kier molecular flexibility index (Phi) is 19.2. The van der Waals surface area contributed by atoms with E-state index >= 15 is 0 Å². The fourth-order valence-electron chi connectivity index (χ4n) is 7.74. The van der Waals surface area contributed by atoms with E-state index in [-0.39, 0.29) is 37.3 Å². The topological polar surface area (TPSA) is 103 Å². The molecule has 1 aliphatic heterocycles. The first kappa shape index (κ1) is 44.3. The van der Waals surface area contributed by atoms with Crippen LogP contribution >= 0.6 is 0 Å². The molecular formula is C47H66N2O7. The van der Waals surface area contributed by atoms with Gasteiger partial charge in [-0.15, -0.1) is 0 Å². The quantitative estimate of drug-likeness (QED) is 0.0493. The average Bonchev–Trinajstić information content (AvgIpc) is 3.64. The van der Waals surface area contributed by atoms with Gasteiger partial charge >= 0.3 is 5.97 Å². The van der Waals surface area contributed by atoms with Gasteiger partial charge in [0.25, 0.3) is 0 Å². The van der Waals surface area contributed by atoms with E-state index in [1.54, 1.807) is 21.3 Å². The summed E-state index contributed by atoms with van der Waals surface area (Å²) in [5.41, 5.74) is 1.67. The number of carbonyl (C=O) groups excluding carboxylic acids is 3. The highest BCUT2D eigenvalue weighted by atomic mass is 16.5. The first-order valence-electron chi connectivity index (χ1n) is 21.0. The standard InChI is InChI=1S/C47H66N2O7/c1-5-6-7-8-9-10-11-12-13-14-15-16-20-23-45(51)49-35-43(56-46(52)33-32-44(50)48-2)34-40(49)36-55-47(37-21-18-17-19-22-37,38-24-28-41(53-3)29-25-38)39-26-30-42(54-4)31-27-39/h17-19,21-22,24-31,40,43H,5-16,20,23,32-36H2,1-4H3,(H,48,50)/t40-,43+/m0/s1. The fourth-order valence-corrected chi connectivity index (χ4v) is 7.74. The molecule has 56 heavy (non-hydrogen) atoms. The lowest BCUT2D eigenvalue weighted by atomic mass is 9.80. The van der Waals surface area contributed by atoms with Crippen LogP contribution in [0.3, 0.4) is 0 Å². The predicted molar refractivity (Wildman–Crippen MR) is 222 cm³/mol. The Balaban J connectivity index is 1.48. The third-order valence-electron chi connectivity index (χ3n) is 11.0. The molecule has 1 heterocycles. The molecule has 1 fully saturated rings. The Morgan fingerprint density at radius 1 is 0.661 bits per heavy atom. The average molecular weight is 771 g/mol. The summed E-state index contributed by atoms with van der Waals surface area (Å²) in [5, 5.41) is 2.55. The highest BCUT2D eigenvalue weighted by molar-refractivity contribution is 5.81. The molecule has 0 unspecified atom stereocenters. The maximum absolute atomic E-state index is 14.0. The van der Waals surface area contributed by atoms with Gasteiger partial charge in [0, 0.05) is 26.3 Å². The Hall–Kier alpha value is -4.37. The Morgan fingerprint density at radius 2 is 1.16 bits per heavy atom. The number of benzene rings is 3. The van der Waals surface area contributed by atoms with Crippen molar-refractivity contribution in [1.29, 1.82) is 0 Å². The number of methoxy groups -OCH3 is 2. The lowest BCUT2D eigenvalue weighted by Gasteiger charge is -2.38. The van der Waals surface area contributed by atoms with E-state index in [2.05, 4.69) is 24.4 Å². The summed E-state index contributed by atoms with van der Waals surface area (Å²) in [4.78, 5) is 40.5. The zero-order chi connectivity index (χ0) is 40.0. The van der Waals surface area contributed by atoms with Crippen LogP contribution in [0.5, 0.6) is 11.5 Å². The van der Waals surface area contributed by atoms with Gasteiger partial charge in [-0.05, 0) is 47.4 Å². The third-order valence-corrected chi connectivity index (χ3v) is 11.0. The van der Waals surface area contributed by atoms with E-state index in [9.17, 15) is 14.4 Å². The molecule has 2 atom stereocenters. The van der Waals surface area contributed by atoms with E-state index in [4.69, 9.17) is 18.9 Å². The van der Waals surface area contributed by atoms with Crippen LogP contribution in [0.15, 0.2) is 78.9 Å². The van der Waals surface area contributed by atoms with E-state index in [0.717, 1.165) is 47.5 Å². The van der Waals surface area contributed by atoms with Crippen molar-refractivity contribution in [1.82, 2.24) is 10.2 Å². The molecule has 0 saturated carbocycles. The molecule has 1 aliphatic rings. The summed E-state index contributed by atoms with van der Waals surface area (Å²) in [6, 6.07) is 25.5. The number of hydrogen-bond donors (Lipinski definition) is 1. The van der Waals surface area contributed by atoms with Gasteiger partial charge in [0.15, 0.2) is 0 Å². The minimum absolute atomic E-state index is 0.0176. The lowest BCUT2D eigenvalue weighted by Crippen LogP contribution is -2.42. The molecule has 3 aromatic carbocycles. The Morgan fingerprint density at radius 3 is 1.66 bits per heavy atom. The van der Waals surface area contributed by atoms with Crippen molar-refractivity contribution in [2.45, 2.75) is 134 Å². The van der Waals surface area contributed by atoms with Crippen LogP contribution in [0.4, 0.5) is 0 Å². The Bertz CT molecular complexity index is 1530. The SMILES string of the molecule is CCCCCCCCCCCCCCCC(=O)N1C[C@H](OC(=O)CCC(=O)NC)C[C@H]1COC(c1ccccc1)(c1ccc(OC)cc1)c1ccc(OC)cc1. The van der Waals surface area contributed by atoms with Gasteiger partial charge in [0.2, 0.25) is 11.8 Å². The molecule has 0 spiro atoms. The molecular weight excluding hydrogens is 705 g/mol. The van der Waals surface area contributed by atoms with Crippen molar-refractivity contribution >= 4 is 17.8 Å². The first-order valence-corrected chi connectivity index (χ1v) is 21.0. The van der Waals surface area contributed by atoms with E-state index in [0.29, 0.717) is 19.4 Å². The van der Waals surface area contributed by atoms with Crippen LogP contribution in [0.1, 0.15) is 133 Å². The van der Waals surface area contributed by atoms with Crippen LogP contribution in [0.25, 0.3) is 0 Å². The van der Waals surface area contributed by atoms with Crippen molar-refractivity contribution in [3.63, 3.8) is 0 Å². The monoisotopic (exact) mass is 770 g/mol. The number of carbonyl (C=O) groups is 3. The number of hydrogen-bond acceptors (Lipinski definition) is 7. The molecule has 2 amide bonds. The summed E-state index contributed by atoms with van der Waals surface area (Å²) in [5.74, 6) is 0.840. The molecule has 3 aromatic rings. The van der Waals surface area contributed by atoms with Crippen molar-refractivity contribution in [2.75, 3.05) is 34.4 Å². The van der Waals surface area contributed by atoms with Crippen molar-refractivity contribution in [3.05, 3.63) is 95.6 Å². The fraction of sp³-hybridized carbons (Fsp3) is 0.553. The third kappa shape index (κ3) is 13.4. The number of amides is 2. The van der Waals surface area contributed by atoms with Gasteiger partial charge in [-0.25, -0.2) is 0 Å². The molecule has 9 heteroatoms. The van der Waals surface area contributed by atoms with Crippen LogP contribution in [0.2, 0.25) is 0 Å². The number of rotatable bonds is 26. The Labute approximate surface area is 335 Å². The molecule has 0 aromatic heterocycles. The molecule has 0 bridgehead atoms. The zero-order valence-electron chi connectivity index (χ0n) is 34.4. The van der Waals surface area contributed by atoms with E-state index in [1.807, 2.05) is 71.6 Å². The second-order valence-corrected chi connectivity index (χ2v) is 15.0. The van der Waals surface area contributed by atoms with Gasteiger partial charge in [0.05, 0.1) is 39.8 Å². The molecule has 1 N–H and O–H groups in total. The number of ether oxygens (including phenoxy) is 4. The van der Waals surface area contributed by atoms with Crippen molar-refractivity contribution < 1.29 is 33.3 Å². The zero-order valence-corrected chi connectivity index (χ0v) is 34.4. The predicted octanol–water partition coefficient (Wildman–Crippen LogP) is 9.53. The van der Waals surface area contributed by atoms with Gasteiger partial charge in [0.1, 0.15) is 23.2 Å². The number of nitrogens with zero attached hydrogens (tertiary/aromatic N) is 1.